The average Bonchev–Trinajstić information content (AvgIpc) is 2.89. The zero-order valence-corrected chi connectivity index (χ0v) is 13.6. The average molecular weight is 304 g/mol. The van der Waals surface area contributed by atoms with E-state index in [1.54, 1.807) is 11.3 Å². The summed E-state index contributed by atoms with van der Waals surface area (Å²) in [5, 5.41) is 3.25. The van der Waals surface area contributed by atoms with Gasteiger partial charge in [-0.05, 0) is 25.7 Å². The van der Waals surface area contributed by atoms with Crippen LogP contribution in [0.2, 0.25) is 0 Å². The second-order valence-electron chi connectivity index (χ2n) is 4.85. The number of nitrogens with zero attached hydrogens (tertiary/aromatic N) is 1. The molecule has 0 fully saturated rings. The molecule has 1 rings (SSSR count). The first-order valence-corrected chi connectivity index (χ1v) is 8.85. The van der Waals surface area contributed by atoms with Crippen LogP contribution in [0, 0.1) is 0 Å². The fraction of sp³-hybridized carbons (Fsp3) is 0.800. The van der Waals surface area contributed by atoms with Crippen LogP contribution in [0.15, 0.2) is 5.38 Å². The molecular formula is C15H26ClNOS. The first kappa shape index (κ1) is 16.9. The maximum absolute atomic E-state index is 5.73. The SMILES string of the molecule is CCCCCCCOCCCCc1nc(CCl)cs1. The molecule has 0 spiro atoms. The zero-order chi connectivity index (χ0) is 13.8. The van der Waals surface area contributed by atoms with Crippen LogP contribution in [-0.2, 0) is 17.0 Å². The summed E-state index contributed by atoms with van der Waals surface area (Å²) in [4.78, 5) is 4.45. The molecule has 0 unspecified atom stereocenters. The topological polar surface area (TPSA) is 22.1 Å². The predicted molar refractivity (Wildman–Crippen MR) is 84.2 cm³/mol. The Labute approximate surface area is 126 Å². The smallest absolute Gasteiger partial charge is 0.0928 e. The van der Waals surface area contributed by atoms with Crippen LogP contribution in [0.25, 0.3) is 0 Å². The Bertz CT molecular complexity index is 317. The quantitative estimate of drug-likeness (QED) is 0.391. The lowest BCUT2D eigenvalue weighted by Crippen LogP contribution is -1.98. The van der Waals surface area contributed by atoms with Gasteiger partial charge in [0.25, 0.3) is 0 Å². The lowest BCUT2D eigenvalue weighted by molar-refractivity contribution is 0.126. The molecule has 0 N–H and O–H groups in total. The normalized spacial score (nSPS) is 11.1. The van der Waals surface area contributed by atoms with Gasteiger partial charge in [-0.3, -0.25) is 0 Å². The molecule has 1 aromatic rings. The Morgan fingerprint density at radius 3 is 2.53 bits per heavy atom. The van der Waals surface area contributed by atoms with Crippen molar-refractivity contribution in [3.8, 4) is 0 Å². The number of aromatic nitrogens is 1. The van der Waals surface area contributed by atoms with Crippen molar-refractivity contribution in [3.05, 3.63) is 16.1 Å². The van der Waals surface area contributed by atoms with Crippen molar-refractivity contribution in [2.45, 2.75) is 64.2 Å². The van der Waals surface area contributed by atoms with Crippen LogP contribution in [0.4, 0.5) is 0 Å². The van der Waals surface area contributed by atoms with E-state index in [0.717, 1.165) is 38.2 Å². The Balaban J connectivity index is 1.86. The van der Waals surface area contributed by atoms with Crippen molar-refractivity contribution in [3.63, 3.8) is 0 Å². The molecular weight excluding hydrogens is 278 g/mol. The first-order chi connectivity index (χ1) is 9.36. The molecule has 0 atom stereocenters. The summed E-state index contributed by atoms with van der Waals surface area (Å²) in [5.74, 6) is 0.525. The third-order valence-electron chi connectivity index (χ3n) is 3.06. The minimum Gasteiger partial charge on any atom is -0.381 e. The van der Waals surface area contributed by atoms with E-state index < -0.39 is 0 Å². The van der Waals surface area contributed by atoms with Gasteiger partial charge in [0, 0.05) is 18.6 Å². The minimum atomic E-state index is 0.525. The molecule has 0 saturated carbocycles. The molecule has 0 bridgehead atoms. The summed E-state index contributed by atoms with van der Waals surface area (Å²) in [6.07, 6.45) is 9.89. The van der Waals surface area contributed by atoms with Gasteiger partial charge in [-0.15, -0.1) is 22.9 Å². The van der Waals surface area contributed by atoms with E-state index in [0.29, 0.717) is 5.88 Å². The summed E-state index contributed by atoms with van der Waals surface area (Å²) < 4.78 is 5.64. The van der Waals surface area contributed by atoms with E-state index in [-0.39, 0.29) is 0 Å². The molecule has 0 aliphatic carbocycles. The van der Waals surface area contributed by atoms with Gasteiger partial charge in [-0.2, -0.15) is 0 Å². The van der Waals surface area contributed by atoms with E-state index >= 15 is 0 Å². The molecule has 1 aromatic heterocycles. The van der Waals surface area contributed by atoms with E-state index in [2.05, 4.69) is 17.3 Å². The second-order valence-corrected chi connectivity index (χ2v) is 6.06. The van der Waals surface area contributed by atoms with Gasteiger partial charge in [0.2, 0.25) is 0 Å². The molecule has 110 valence electrons. The third kappa shape index (κ3) is 8.61. The number of halogens is 1. The van der Waals surface area contributed by atoms with Crippen molar-refractivity contribution >= 4 is 22.9 Å². The van der Waals surface area contributed by atoms with Crippen LogP contribution >= 0.6 is 22.9 Å². The maximum Gasteiger partial charge on any atom is 0.0928 e. The van der Waals surface area contributed by atoms with Gasteiger partial charge >= 0.3 is 0 Å². The number of thiazole rings is 1. The molecule has 0 aliphatic heterocycles. The number of alkyl halides is 1. The molecule has 1 heterocycles. The van der Waals surface area contributed by atoms with Gasteiger partial charge in [0.05, 0.1) is 16.6 Å². The highest BCUT2D eigenvalue weighted by Gasteiger charge is 2.00. The summed E-state index contributed by atoms with van der Waals surface area (Å²) in [6, 6.07) is 0. The Morgan fingerprint density at radius 2 is 1.84 bits per heavy atom. The highest BCUT2D eigenvalue weighted by molar-refractivity contribution is 7.09. The minimum absolute atomic E-state index is 0.525. The molecule has 0 saturated heterocycles. The number of ether oxygens (including phenoxy) is 1. The van der Waals surface area contributed by atoms with Gasteiger partial charge in [0.1, 0.15) is 0 Å². The second kappa shape index (κ2) is 11.7. The molecule has 2 nitrogen and oxygen atoms in total. The molecule has 0 amide bonds. The van der Waals surface area contributed by atoms with E-state index in [9.17, 15) is 0 Å². The van der Waals surface area contributed by atoms with Gasteiger partial charge in [-0.1, -0.05) is 32.6 Å². The number of unbranched alkanes of at least 4 members (excludes halogenated alkanes) is 5. The predicted octanol–water partition coefficient (Wildman–Crippen LogP) is 5.19. The lowest BCUT2D eigenvalue weighted by Gasteiger charge is -2.03. The Hall–Kier alpha value is -0.120. The van der Waals surface area contributed by atoms with E-state index in [1.165, 1.54) is 37.1 Å². The van der Waals surface area contributed by atoms with Crippen LogP contribution < -0.4 is 0 Å². The highest BCUT2D eigenvalue weighted by Crippen LogP contribution is 2.14. The highest BCUT2D eigenvalue weighted by atomic mass is 35.5. The van der Waals surface area contributed by atoms with Crippen molar-refractivity contribution in [1.29, 1.82) is 0 Å². The number of aryl methyl sites for hydroxylation is 1. The Morgan fingerprint density at radius 1 is 1.11 bits per heavy atom. The number of hydrogen-bond acceptors (Lipinski definition) is 3. The van der Waals surface area contributed by atoms with Crippen molar-refractivity contribution in [2.75, 3.05) is 13.2 Å². The summed E-state index contributed by atoms with van der Waals surface area (Å²) in [7, 11) is 0. The monoisotopic (exact) mass is 303 g/mol. The van der Waals surface area contributed by atoms with E-state index in [4.69, 9.17) is 16.3 Å². The molecule has 0 aromatic carbocycles. The molecule has 4 heteroatoms. The fourth-order valence-electron chi connectivity index (χ4n) is 1.92. The van der Waals surface area contributed by atoms with E-state index in [1.807, 2.05) is 0 Å². The standard InChI is InChI=1S/C15H26ClNOS/c1-2-3-4-5-7-10-18-11-8-6-9-15-17-14(12-16)13-19-15/h13H,2-12H2,1H3. The van der Waals surface area contributed by atoms with Gasteiger partial charge in [-0.25, -0.2) is 4.98 Å². The fourth-order valence-corrected chi connectivity index (χ4v) is 2.98. The molecule has 0 radical (unpaired) electrons. The maximum atomic E-state index is 5.73. The van der Waals surface area contributed by atoms with Crippen molar-refractivity contribution in [1.82, 2.24) is 4.98 Å². The number of rotatable bonds is 12. The summed E-state index contributed by atoms with van der Waals surface area (Å²) in [6.45, 7) is 4.06. The summed E-state index contributed by atoms with van der Waals surface area (Å²) in [5.41, 5.74) is 1.00. The van der Waals surface area contributed by atoms with Crippen molar-refractivity contribution in [2.24, 2.45) is 0 Å². The van der Waals surface area contributed by atoms with Crippen molar-refractivity contribution < 1.29 is 4.74 Å². The van der Waals surface area contributed by atoms with Crippen LogP contribution in [0.3, 0.4) is 0 Å². The summed E-state index contributed by atoms with van der Waals surface area (Å²) >= 11 is 7.45. The lowest BCUT2D eigenvalue weighted by atomic mass is 10.2. The van der Waals surface area contributed by atoms with Gasteiger partial charge in [0.15, 0.2) is 0 Å². The van der Waals surface area contributed by atoms with Crippen LogP contribution in [0.1, 0.15) is 62.6 Å². The largest absolute Gasteiger partial charge is 0.381 e. The third-order valence-corrected chi connectivity index (χ3v) is 4.29. The zero-order valence-electron chi connectivity index (χ0n) is 12.0. The number of hydrogen-bond donors (Lipinski definition) is 0. The van der Waals surface area contributed by atoms with Gasteiger partial charge < -0.3 is 4.74 Å². The van der Waals surface area contributed by atoms with Crippen LogP contribution in [-0.4, -0.2) is 18.2 Å². The molecule has 19 heavy (non-hydrogen) atoms. The van der Waals surface area contributed by atoms with Crippen LogP contribution in [0.5, 0.6) is 0 Å². The first-order valence-electron chi connectivity index (χ1n) is 7.43. The molecule has 0 aliphatic rings. The Kier molecular flexibility index (Phi) is 10.4.